The number of likely N-dealkylation sites (N-methyl/N-ethyl adjacent to an activating group) is 1. The molecule has 0 aliphatic heterocycles. The van der Waals surface area contributed by atoms with Gasteiger partial charge in [-0.2, -0.15) is 0 Å². The number of fused-ring (bicyclic) bond motifs is 3. The van der Waals surface area contributed by atoms with Crippen molar-refractivity contribution in [3.8, 4) is 5.75 Å². The van der Waals surface area contributed by atoms with Crippen LogP contribution in [0, 0.1) is 23.7 Å². The molecular formula is C29H28N2O7. The number of phenols is 1. The smallest absolute Gasteiger partial charge is 0.235 e. The molecule has 4 unspecified atom stereocenters. The van der Waals surface area contributed by atoms with Crippen LogP contribution in [0.4, 0.5) is 0 Å². The van der Waals surface area contributed by atoms with Crippen molar-refractivity contribution >= 4 is 41.2 Å². The van der Waals surface area contributed by atoms with E-state index < -0.39 is 64.4 Å². The van der Waals surface area contributed by atoms with Crippen LogP contribution in [-0.4, -0.2) is 69.9 Å². The standard InChI is InChI=1S/C29H28N2O7/c1-31(2)23-18-13-16-12-17-15(9-8-14-6-4-3-5-7-14)10-11-19(32)21(17)24(33)20(16)26(35)29(18,38)27(36)22(25(23)34)28(30)37/h3-11,16,18,20,22-23,32,38H,12-13H2,1-2H3,(H2,30,37)/b9-8+/t16?,18?,20?,22?,23-,29-/m0/s1. The first kappa shape index (κ1) is 25.7. The summed E-state index contributed by atoms with van der Waals surface area (Å²) in [6.45, 7) is 0. The zero-order valence-electron chi connectivity index (χ0n) is 21.0. The highest BCUT2D eigenvalue weighted by molar-refractivity contribution is 6.32. The summed E-state index contributed by atoms with van der Waals surface area (Å²) in [5, 5.41) is 22.2. The third-order valence-electron chi connectivity index (χ3n) is 8.24. The van der Waals surface area contributed by atoms with Crippen molar-refractivity contribution in [1.82, 2.24) is 4.90 Å². The van der Waals surface area contributed by atoms with Gasteiger partial charge in [0, 0.05) is 5.92 Å². The van der Waals surface area contributed by atoms with Gasteiger partial charge in [-0.1, -0.05) is 48.6 Å². The molecule has 2 fully saturated rings. The highest BCUT2D eigenvalue weighted by atomic mass is 16.3. The van der Waals surface area contributed by atoms with Gasteiger partial charge in [0.2, 0.25) is 5.91 Å². The lowest BCUT2D eigenvalue weighted by Crippen LogP contribution is -2.74. The Bertz CT molecular complexity index is 1410. The number of rotatable bonds is 4. The molecule has 2 saturated carbocycles. The van der Waals surface area contributed by atoms with Crippen molar-refractivity contribution in [2.24, 2.45) is 29.4 Å². The molecule has 0 heterocycles. The maximum atomic E-state index is 13.8. The molecule has 0 radical (unpaired) electrons. The highest BCUT2D eigenvalue weighted by Gasteiger charge is 2.69. The van der Waals surface area contributed by atoms with Crippen LogP contribution in [-0.2, 0) is 25.6 Å². The van der Waals surface area contributed by atoms with E-state index in [9.17, 15) is 34.2 Å². The number of nitrogens with two attached hydrogens (primary N) is 1. The maximum absolute atomic E-state index is 13.8. The minimum atomic E-state index is -2.72. The summed E-state index contributed by atoms with van der Waals surface area (Å²) in [6, 6.07) is 11.5. The number of hydrogen-bond acceptors (Lipinski definition) is 8. The largest absolute Gasteiger partial charge is 0.507 e. The quantitative estimate of drug-likeness (QED) is 0.402. The lowest BCUT2D eigenvalue weighted by molar-refractivity contribution is -0.181. The van der Waals surface area contributed by atoms with Gasteiger partial charge in [0.05, 0.1) is 17.5 Å². The number of primary amides is 1. The van der Waals surface area contributed by atoms with Gasteiger partial charge >= 0.3 is 0 Å². The summed E-state index contributed by atoms with van der Waals surface area (Å²) in [4.78, 5) is 67.5. The molecule has 196 valence electrons. The van der Waals surface area contributed by atoms with Gasteiger partial charge in [-0.3, -0.25) is 28.9 Å². The maximum Gasteiger partial charge on any atom is 0.235 e. The minimum absolute atomic E-state index is 0.0153. The van der Waals surface area contributed by atoms with Crippen LogP contribution in [0.25, 0.3) is 12.2 Å². The molecule has 0 spiro atoms. The van der Waals surface area contributed by atoms with Gasteiger partial charge in [0.15, 0.2) is 34.7 Å². The third-order valence-corrected chi connectivity index (χ3v) is 8.24. The van der Waals surface area contributed by atoms with E-state index >= 15 is 0 Å². The molecule has 0 aromatic heterocycles. The average molecular weight is 517 g/mol. The molecule has 4 N–H and O–H groups in total. The predicted octanol–water partition coefficient (Wildman–Crippen LogP) is 1.04. The van der Waals surface area contributed by atoms with E-state index in [2.05, 4.69) is 0 Å². The van der Waals surface area contributed by atoms with Crippen molar-refractivity contribution in [3.63, 3.8) is 0 Å². The van der Waals surface area contributed by atoms with Crippen LogP contribution < -0.4 is 5.73 Å². The van der Waals surface area contributed by atoms with E-state index in [1.54, 1.807) is 20.2 Å². The Balaban J connectivity index is 1.60. The second-order valence-electron chi connectivity index (χ2n) is 10.6. The van der Waals surface area contributed by atoms with E-state index in [1.165, 1.54) is 11.0 Å². The molecule has 2 aromatic rings. The summed E-state index contributed by atoms with van der Waals surface area (Å²) in [6.07, 6.45) is 3.94. The molecule has 2 aromatic carbocycles. The Hall–Kier alpha value is -3.95. The number of carbonyl (C=O) groups excluding carboxylic acids is 5. The van der Waals surface area contributed by atoms with Gasteiger partial charge in [0.1, 0.15) is 5.75 Å². The van der Waals surface area contributed by atoms with Crippen LogP contribution >= 0.6 is 0 Å². The predicted molar refractivity (Wildman–Crippen MR) is 137 cm³/mol. The Morgan fingerprint density at radius 2 is 1.71 bits per heavy atom. The molecule has 3 aliphatic rings. The van der Waals surface area contributed by atoms with Crippen molar-refractivity contribution in [3.05, 3.63) is 64.7 Å². The molecule has 1 amide bonds. The van der Waals surface area contributed by atoms with Crippen molar-refractivity contribution in [2.75, 3.05) is 14.1 Å². The normalized spacial score (nSPS) is 30.8. The second kappa shape index (κ2) is 9.11. The first-order valence-electron chi connectivity index (χ1n) is 12.4. The fraction of sp³-hybridized carbons (Fsp3) is 0.345. The number of aliphatic hydroxyl groups is 1. The Morgan fingerprint density at radius 3 is 2.34 bits per heavy atom. The summed E-state index contributed by atoms with van der Waals surface area (Å²) < 4.78 is 0. The van der Waals surface area contributed by atoms with E-state index in [-0.39, 0.29) is 24.2 Å². The van der Waals surface area contributed by atoms with Gasteiger partial charge in [-0.25, -0.2) is 0 Å². The monoisotopic (exact) mass is 516 g/mol. The highest BCUT2D eigenvalue weighted by Crippen LogP contribution is 2.51. The van der Waals surface area contributed by atoms with Crippen molar-refractivity contribution in [1.29, 1.82) is 0 Å². The van der Waals surface area contributed by atoms with Gasteiger partial charge in [0.25, 0.3) is 0 Å². The number of amides is 1. The van der Waals surface area contributed by atoms with Gasteiger partial charge in [-0.05, 0) is 55.6 Å². The molecular weight excluding hydrogens is 488 g/mol. The van der Waals surface area contributed by atoms with Gasteiger partial charge in [-0.15, -0.1) is 0 Å². The van der Waals surface area contributed by atoms with Crippen LogP contribution in [0.15, 0.2) is 42.5 Å². The number of hydrogen-bond donors (Lipinski definition) is 3. The summed E-state index contributed by atoms with van der Waals surface area (Å²) in [5.74, 6) is -10.5. The number of benzene rings is 2. The van der Waals surface area contributed by atoms with Gasteiger partial charge < -0.3 is 15.9 Å². The SMILES string of the molecule is CN(C)[C@@H]1C(=O)C(C(N)=O)C(=O)[C@@]2(O)C(=O)C3C(=O)c4c(O)ccc(/C=C/c5ccccc5)c4CC3CC12. The van der Waals surface area contributed by atoms with E-state index in [4.69, 9.17) is 5.73 Å². The molecule has 5 rings (SSSR count). The van der Waals surface area contributed by atoms with E-state index in [0.29, 0.717) is 11.1 Å². The number of ketones is 4. The number of Topliss-reactive ketones (excluding diaryl/α,β-unsaturated/α-hetero) is 4. The lowest BCUT2D eigenvalue weighted by atomic mass is 9.52. The third kappa shape index (κ3) is 3.65. The zero-order chi connectivity index (χ0) is 27.5. The van der Waals surface area contributed by atoms with E-state index in [1.807, 2.05) is 42.5 Å². The van der Waals surface area contributed by atoms with Crippen LogP contribution in [0.5, 0.6) is 5.75 Å². The van der Waals surface area contributed by atoms with Crippen LogP contribution in [0.1, 0.15) is 33.5 Å². The Labute approximate surface area is 218 Å². The first-order valence-corrected chi connectivity index (χ1v) is 12.4. The van der Waals surface area contributed by atoms with Crippen LogP contribution in [0.3, 0.4) is 0 Å². The molecule has 0 bridgehead atoms. The Kier molecular flexibility index (Phi) is 6.16. The summed E-state index contributed by atoms with van der Waals surface area (Å²) in [5.41, 5.74) is 4.78. The lowest BCUT2D eigenvalue weighted by Gasteiger charge is -2.52. The van der Waals surface area contributed by atoms with E-state index in [0.717, 1.165) is 5.56 Å². The fourth-order valence-corrected chi connectivity index (χ4v) is 6.54. The van der Waals surface area contributed by atoms with Crippen molar-refractivity contribution in [2.45, 2.75) is 24.5 Å². The molecule has 9 nitrogen and oxygen atoms in total. The first-order chi connectivity index (χ1) is 18.0. The fourth-order valence-electron chi connectivity index (χ4n) is 6.54. The second-order valence-corrected chi connectivity index (χ2v) is 10.6. The summed E-state index contributed by atoms with van der Waals surface area (Å²) >= 11 is 0. The molecule has 38 heavy (non-hydrogen) atoms. The topological polar surface area (TPSA) is 155 Å². The number of aromatic hydroxyl groups is 1. The average Bonchev–Trinajstić information content (AvgIpc) is 2.86. The van der Waals surface area contributed by atoms with Crippen molar-refractivity contribution < 1.29 is 34.2 Å². The molecule has 3 aliphatic carbocycles. The molecule has 6 atom stereocenters. The number of carbonyl (C=O) groups is 5. The number of phenolic OH excluding ortho intramolecular Hbond substituents is 1. The van der Waals surface area contributed by atoms with Crippen LogP contribution in [0.2, 0.25) is 0 Å². The Morgan fingerprint density at radius 1 is 1.03 bits per heavy atom. The minimum Gasteiger partial charge on any atom is -0.507 e. The molecule has 0 saturated heterocycles. The summed E-state index contributed by atoms with van der Waals surface area (Å²) in [7, 11) is 3.11. The zero-order valence-corrected chi connectivity index (χ0v) is 21.0. The number of nitrogens with zero attached hydrogens (tertiary/aromatic N) is 1. The molecule has 9 heteroatoms.